The van der Waals surface area contributed by atoms with Crippen molar-refractivity contribution < 1.29 is 0 Å². The van der Waals surface area contributed by atoms with E-state index in [1.165, 1.54) is 0 Å². The fourth-order valence-electron chi connectivity index (χ4n) is 2.33. The maximum atomic E-state index is 6.38. The third-order valence-corrected chi connectivity index (χ3v) is 3.82. The Kier molecular flexibility index (Phi) is 4.71. The van der Waals surface area contributed by atoms with E-state index in [0.29, 0.717) is 0 Å². The predicted molar refractivity (Wildman–Crippen MR) is 91.2 cm³/mol. The van der Waals surface area contributed by atoms with Crippen LogP contribution in [0, 0.1) is 0 Å². The monoisotopic (exact) mass is 350 g/mol. The number of hydrogen-bond donors (Lipinski definition) is 1. The smallest absolute Gasteiger partial charge is 0.131 e. The van der Waals surface area contributed by atoms with Crippen molar-refractivity contribution in [2.45, 2.75) is 52.5 Å². The van der Waals surface area contributed by atoms with E-state index in [-0.39, 0.29) is 5.41 Å². The second-order valence-electron chi connectivity index (χ2n) is 6.32. The molecule has 0 radical (unpaired) electrons. The topological polar surface area (TPSA) is 56.7 Å². The highest BCUT2D eigenvalue weighted by Crippen LogP contribution is 2.32. The first-order valence-electron chi connectivity index (χ1n) is 7.32. The van der Waals surface area contributed by atoms with Crippen molar-refractivity contribution in [3.63, 3.8) is 0 Å². The van der Waals surface area contributed by atoms with Gasteiger partial charge in [0.15, 0.2) is 0 Å². The van der Waals surface area contributed by atoms with Gasteiger partial charge >= 0.3 is 0 Å². The summed E-state index contributed by atoms with van der Waals surface area (Å²) in [6.07, 6.45) is 5.80. The average molecular weight is 351 g/mol. The molecule has 0 saturated carbocycles. The highest BCUT2D eigenvalue weighted by Gasteiger charge is 2.25. The normalized spacial score (nSPS) is 11.9. The van der Waals surface area contributed by atoms with Crippen LogP contribution in [0.3, 0.4) is 0 Å². The summed E-state index contributed by atoms with van der Waals surface area (Å²) in [4.78, 5) is 9.04. The van der Waals surface area contributed by atoms with Gasteiger partial charge in [0, 0.05) is 34.4 Å². The quantitative estimate of drug-likeness (QED) is 0.889. The number of halogens is 1. The molecule has 0 aliphatic rings. The van der Waals surface area contributed by atoms with Gasteiger partial charge < -0.3 is 10.3 Å². The van der Waals surface area contributed by atoms with Crippen molar-refractivity contribution in [3.8, 4) is 11.3 Å². The number of nitrogen functional groups attached to an aromatic ring is 1. The van der Waals surface area contributed by atoms with Crippen LogP contribution in [0.4, 0.5) is 5.82 Å². The summed E-state index contributed by atoms with van der Waals surface area (Å²) in [5.74, 6) is 1.76. The van der Waals surface area contributed by atoms with E-state index in [1.54, 1.807) is 12.4 Å². The predicted octanol–water partition coefficient (Wildman–Crippen LogP) is 4.39. The third kappa shape index (κ3) is 3.46. The van der Waals surface area contributed by atoms with Crippen LogP contribution in [0.15, 0.2) is 22.9 Å². The summed E-state index contributed by atoms with van der Waals surface area (Å²) < 4.78 is 3.08. The van der Waals surface area contributed by atoms with E-state index in [4.69, 9.17) is 10.7 Å². The Morgan fingerprint density at radius 1 is 1.29 bits per heavy atom. The molecular formula is C16H23BrN4. The summed E-state index contributed by atoms with van der Waals surface area (Å²) in [6.45, 7) is 9.59. The van der Waals surface area contributed by atoms with Crippen LogP contribution in [0.2, 0.25) is 0 Å². The number of anilines is 1. The van der Waals surface area contributed by atoms with Gasteiger partial charge in [-0.25, -0.2) is 4.98 Å². The van der Waals surface area contributed by atoms with Crippen molar-refractivity contribution in [2.24, 2.45) is 0 Å². The van der Waals surface area contributed by atoms with E-state index in [0.717, 1.165) is 46.8 Å². The first-order chi connectivity index (χ1) is 9.84. The molecule has 4 nitrogen and oxygen atoms in total. The Morgan fingerprint density at radius 2 is 2.00 bits per heavy atom. The van der Waals surface area contributed by atoms with Gasteiger partial charge in [-0.15, -0.1) is 0 Å². The van der Waals surface area contributed by atoms with Gasteiger partial charge in [0.25, 0.3) is 0 Å². The Labute approximate surface area is 134 Å². The zero-order valence-corrected chi connectivity index (χ0v) is 14.7. The van der Waals surface area contributed by atoms with Crippen LogP contribution in [0.25, 0.3) is 11.3 Å². The van der Waals surface area contributed by atoms with E-state index in [1.807, 2.05) is 6.07 Å². The molecule has 0 aromatic carbocycles. The Hall–Kier alpha value is -1.36. The summed E-state index contributed by atoms with van der Waals surface area (Å²) in [5.41, 5.74) is 8.11. The van der Waals surface area contributed by atoms with Gasteiger partial charge in [-0.3, -0.25) is 4.98 Å². The van der Waals surface area contributed by atoms with Crippen molar-refractivity contribution >= 4 is 21.7 Å². The van der Waals surface area contributed by atoms with Crippen LogP contribution in [-0.4, -0.2) is 14.5 Å². The molecule has 114 valence electrons. The van der Waals surface area contributed by atoms with E-state index in [9.17, 15) is 0 Å². The van der Waals surface area contributed by atoms with Gasteiger partial charge in [0.05, 0.1) is 0 Å². The second-order valence-corrected chi connectivity index (χ2v) is 7.23. The van der Waals surface area contributed by atoms with Crippen molar-refractivity contribution in [3.05, 3.63) is 28.8 Å². The summed E-state index contributed by atoms with van der Waals surface area (Å²) in [6, 6.07) is 2.00. The molecule has 0 spiro atoms. The third-order valence-electron chi connectivity index (χ3n) is 3.39. The Balaban J connectivity index is 2.55. The largest absolute Gasteiger partial charge is 0.383 e. The molecule has 0 unspecified atom stereocenters. The molecule has 0 atom stereocenters. The fraction of sp³-hybridized carbons (Fsp3) is 0.500. The molecule has 2 aromatic rings. The minimum Gasteiger partial charge on any atom is -0.383 e. The lowest BCUT2D eigenvalue weighted by Crippen LogP contribution is -2.20. The van der Waals surface area contributed by atoms with Crippen molar-refractivity contribution in [2.75, 3.05) is 5.73 Å². The molecule has 0 aliphatic carbocycles. The number of unbranched alkanes of at least 4 members (excludes halogenated alkanes) is 1. The van der Waals surface area contributed by atoms with Gasteiger partial charge in [0.2, 0.25) is 0 Å². The van der Waals surface area contributed by atoms with Gasteiger partial charge in [0.1, 0.15) is 17.3 Å². The number of imidazole rings is 1. The summed E-state index contributed by atoms with van der Waals surface area (Å²) in [7, 11) is 0. The van der Waals surface area contributed by atoms with Crippen LogP contribution in [-0.2, 0) is 12.0 Å². The molecule has 0 fully saturated rings. The lowest BCUT2D eigenvalue weighted by Gasteiger charge is -2.20. The number of nitrogens with two attached hydrogens (primary N) is 1. The standard InChI is InChI=1S/C16H23BrN4/c1-5-6-7-21-14(18)13(20-15(21)16(2,3)4)11-8-12(17)10-19-9-11/h8-10H,5-7,18H2,1-4H3. The van der Waals surface area contributed by atoms with Crippen LogP contribution < -0.4 is 5.73 Å². The first kappa shape index (κ1) is 16.0. The van der Waals surface area contributed by atoms with Crippen molar-refractivity contribution in [1.82, 2.24) is 14.5 Å². The molecule has 5 heteroatoms. The maximum Gasteiger partial charge on any atom is 0.131 e. The zero-order valence-electron chi connectivity index (χ0n) is 13.2. The second kappa shape index (κ2) is 6.18. The minimum absolute atomic E-state index is 0.0421. The number of rotatable bonds is 4. The lowest BCUT2D eigenvalue weighted by atomic mass is 9.95. The molecule has 21 heavy (non-hydrogen) atoms. The number of nitrogens with zero attached hydrogens (tertiary/aromatic N) is 3. The van der Waals surface area contributed by atoms with Gasteiger partial charge in [-0.1, -0.05) is 34.1 Å². The first-order valence-corrected chi connectivity index (χ1v) is 8.11. The highest BCUT2D eigenvalue weighted by molar-refractivity contribution is 9.10. The molecule has 2 heterocycles. The summed E-state index contributed by atoms with van der Waals surface area (Å²) in [5, 5.41) is 0. The van der Waals surface area contributed by atoms with Crippen molar-refractivity contribution in [1.29, 1.82) is 0 Å². The number of hydrogen-bond acceptors (Lipinski definition) is 3. The lowest BCUT2D eigenvalue weighted by molar-refractivity contribution is 0.491. The highest BCUT2D eigenvalue weighted by atomic mass is 79.9. The SMILES string of the molecule is CCCCn1c(C(C)(C)C)nc(-c2cncc(Br)c2)c1N. The molecule has 0 bridgehead atoms. The average Bonchev–Trinajstić information content (AvgIpc) is 2.73. The molecule has 0 amide bonds. The summed E-state index contributed by atoms with van der Waals surface area (Å²) >= 11 is 3.45. The zero-order chi connectivity index (χ0) is 15.6. The maximum absolute atomic E-state index is 6.38. The Bertz CT molecular complexity index is 626. The molecule has 2 rings (SSSR count). The van der Waals surface area contributed by atoms with E-state index < -0.39 is 0 Å². The molecule has 0 saturated heterocycles. The van der Waals surface area contributed by atoms with E-state index in [2.05, 4.69) is 53.2 Å². The minimum atomic E-state index is -0.0421. The molecular weight excluding hydrogens is 328 g/mol. The van der Waals surface area contributed by atoms with Crippen LogP contribution >= 0.6 is 15.9 Å². The molecule has 2 N–H and O–H groups in total. The van der Waals surface area contributed by atoms with Gasteiger partial charge in [-0.05, 0) is 28.4 Å². The fourth-order valence-corrected chi connectivity index (χ4v) is 2.70. The Morgan fingerprint density at radius 3 is 2.57 bits per heavy atom. The van der Waals surface area contributed by atoms with E-state index >= 15 is 0 Å². The molecule has 2 aromatic heterocycles. The molecule has 0 aliphatic heterocycles. The van der Waals surface area contributed by atoms with Crippen LogP contribution in [0.1, 0.15) is 46.4 Å². The van der Waals surface area contributed by atoms with Gasteiger partial charge in [-0.2, -0.15) is 0 Å². The number of aromatic nitrogens is 3. The van der Waals surface area contributed by atoms with Crippen LogP contribution in [0.5, 0.6) is 0 Å². The number of pyridine rings is 1.